The van der Waals surface area contributed by atoms with Crippen LogP contribution in [0.5, 0.6) is 0 Å². The third kappa shape index (κ3) is 3.90. The van der Waals surface area contributed by atoms with Gasteiger partial charge in [-0.05, 0) is 24.3 Å². The number of carboxylic acid groups (broad SMARTS) is 1. The molecule has 108 valence electrons. The summed E-state index contributed by atoms with van der Waals surface area (Å²) in [6.45, 7) is 0. The largest absolute Gasteiger partial charge is 0.478 e. The van der Waals surface area contributed by atoms with Crippen LogP contribution in [0.1, 0.15) is 10.4 Å². The van der Waals surface area contributed by atoms with Gasteiger partial charge >= 0.3 is 12.0 Å². The van der Waals surface area contributed by atoms with E-state index in [-0.39, 0.29) is 22.0 Å². The van der Waals surface area contributed by atoms with E-state index in [1.807, 2.05) is 0 Å². The molecule has 8 heteroatoms. The number of urea groups is 1. The van der Waals surface area contributed by atoms with Gasteiger partial charge in [-0.25, -0.2) is 14.0 Å². The third-order valence-corrected chi connectivity index (χ3v) is 2.66. The first-order valence-corrected chi connectivity index (χ1v) is 6.05. The number of aromatic nitrogens is 1. The van der Waals surface area contributed by atoms with Gasteiger partial charge in [0.15, 0.2) is 0 Å². The molecule has 0 spiro atoms. The lowest BCUT2D eigenvalue weighted by Crippen LogP contribution is -2.20. The molecule has 3 N–H and O–H groups in total. The fourth-order valence-electron chi connectivity index (χ4n) is 1.50. The van der Waals surface area contributed by atoms with Gasteiger partial charge in [-0.3, -0.25) is 4.98 Å². The Bertz CT molecular complexity index is 709. The smallest absolute Gasteiger partial charge is 0.337 e. The molecule has 0 bridgehead atoms. The van der Waals surface area contributed by atoms with E-state index < -0.39 is 17.8 Å². The number of carboxylic acids is 1. The number of anilines is 2. The van der Waals surface area contributed by atoms with E-state index in [1.54, 1.807) is 0 Å². The van der Waals surface area contributed by atoms with Gasteiger partial charge in [0.05, 0.1) is 23.1 Å². The minimum Gasteiger partial charge on any atom is -0.478 e. The maximum atomic E-state index is 13.5. The van der Waals surface area contributed by atoms with Crippen LogP contribution in [-0.2, 0) is 0 Å². The molecule has 0 radical (unpaired) electrons. The maximum absolute atomic E-state index is 13.5. The molecule has 0 fully saturated rings. The number of rotatable bonds is 3. The Morgan fingerprint density at radius 2 is 1.95 bits per heavy atom. The van der Waals surface area contributed by atoms with Crippen molar-refractivity contribution in [2.24, 2.45) is 0 Å². The zero-order valence-corrected chi connectivity index (χ0v) is 11.2. The number of amides is 2. The van der Waals surface area contributed by atoms with Gasteiger partial charge in [-0.1, -0.05) is 11.6 Å². The fourth-order valence-corrected chi connectivity index (χ4v) is 1.66. The number of halogens is 2. The minimum atomic E-state index is -1.17. The molecule has 0 atom stereocenters. The summed E-state index contributed by atoms with van der Waals surface area (Å²) >= 11 is 5.60. The summed E-state index contributed by atoms with van der Waals surface area (Å²) in [5.41, 5.74) is 0.0338. The number of aromatic carboxylic acids is 1. The Balaban J connectivity index is 2.08. The van der Waals surface area contributed by atoms with Gasteiger partial charge in [0.1, 0.15) is 5.82 Å². The highest BCUT2D eigenvalue weighted by Gasteiger charge is 2.09. The van der Waals surface area contributed by atoms with E-state index in [2.05, 4.69) is 15.6 Å². The Kier molecular flexibility index (Phi) is 4.34. The normalized spacial score (nSPS) is 10.0. The molecule has 2 amide bonds. The minimum absolute atomic E-state index is 0.0563. The molecule has 1 aromatic heterocycles. The molecule has 1 aromatic carbocycles. The summed E-state index contributed by atoms with van der Waals surface area (Å²) in [6, 6.07) is 4.29. The lowest BCUT2D eigenvalue weighted by molar-refractivity contribution is 0.0696. The Labute approximate surface area is 123 Å². The van der Waals surface area contributed by atoms with Gasteiger partial charge in [0, 0.05) is 11.2 Å². The highest BCUT2D eigenvalue weighted by molar-refractivity contribution is 6.30. The molecular weight excluding hydrogens is 301 g/mol. The second kappa shape index (κ2) is 6.19. The first-order chi connectivity index (χ1) is 9.95. The Hall–Kier alpha value is -2.67. The monoisotopic (exact) mass is 309 g/mol. The number of hydrogen-bond donors (Lipinski definition) is 3. The van der Waals surface area contributed by atoms with Gasteiger partial charge in [-0.15, -0.1) is 0 Å². The number of nitrogens with one attached hydrogen (secondary N) is 2. The van der Waals surface area contributed by atoms with Crippen LogP contribution >= 0.6 is 11.6 Å². The summed E-state index contributed by atoms with van der Waals surface area (Å²) in [6.07, 6.45) is 2.41. The number of benzene rings is 1. The van der Waals surface area contributed by atoms with Gasteiger partial charge in [0.25, 0.3) is 0 Å². The first-order valence-electron chi connectivity index (χ1n) is 5.67. The molecule has 2 aromatic rings. The number of hydrogen-bond acceptors (Lipinski definition) is 3. The van der Waals surface area contributed by atoms with Gasteiger partial charge in [0.2, 0.25) is 0 Å². The number of carbonyl (C=O) groups excluding carboxylic acids is 1. The van der Waals surface area contributed by atoms with E-state index >= 15 is 0 Å². The Morgan fingerprint density at radius 3 is 2.62 bits per heavy atom. The van der Waals surface area contributed by atoms with Gasteiger partial charge in [-0.2, -0.15) is 0 Å². The Morgan fingerprint density at radius 1 is 1.19 bits per heavy atom. The van der Waals surface area contributed by atoms with Crippen LogP contribution in [0.15, 0.2) is 36.7 Å². The predicted molar refractivity (Wildman–Crippen MR) is 75.2 cm³/mol. The zero-order valence-electron chi connectivity index (χ0n) is 10.4. The predicted octanol–water partition coefficient (Wildman–Crippen LogP) is 3.22. The molecule has 0 aliphatic heterocycles. The van der Waals surface area contributed by atoms with Crippen molar-refractivity contribution in [2.45, 2.75) is 0 Å². The molecule has 1 heterocycles. The van der Waals surface area contributed by atoms with Crippen LogP contribution in [0.25, 0.3) is 0 Å². The second-order valence-electron chi connectivity index (χ2n) is 3.97. The summed E-state index contributed by atoms with van der Waals surface area (Å²) in [5, 5.41) is 13.6. The van der Waals surface area contributed by atoms with Gasteiger partial charge < -0.3 is 15.7 Å². The van der Waals surface area contributed by atoms with E-state index in [9.17, 15) is 14.0 Å². The number of carbonyl (C=O) groups is 2. The van der Waals surface area contributed by atoms with Crippen LogP contribution in [0.4, 0.5) is 20.6 Å². The van der Waals surface area contributed by atoms with E-state index in [4.69, 9.17) is 16.7 Å². The molecule has 21 heavy (non-hydrogen) atoms. The van der Waals surface area contributed by atoms with E-state index in [1.165, 1.54) is 24.4 Å². The molecular formula is C13H9ClFN3O3. The molecule has 0 aliphatic rings. The summed E-state index contributed by atoms with van der Waals surface area (Å²) in [4.78, 5) is 26.2. The molecule has 0 aliphatic carbocycles. The van der Waals surface area contributed by atoms with Crippen molar-refractivity contribution in [3.05, 3.63) is 53.1 Å². The average molecular weight is 310 g/mol. The van der Waals surface area contributed by atoms with E-state index in [0.717, 1.165) is 12.3 Å². The summed E-state index contributed by atoms with van der Waals surface area (Å²) < 4.78 is 13.5. The lowest BCUT2D eigenvalue weighted by Gasteiger charge is -2.08. The molecule has 0 saturated heterocycles. The topological polar surface area (TPSA) is 91.3 Å². The molecule has 0 unspecified atom stereocenters. The highest BCUT2D eigenvalue weighted by atomic mass is 35.5. The maximum Gasteiger partial charge on any atom is 0.337 e. The summed E-state index contributed by atoms with van der Waals surface area (Å²) in [7, 11) is 0. The van der Waals surface area contributed by atoms with Crippen LogP contribution in [0.2, 0.25) is 5.02 Å². The standard InChI is InChI=1S/C13H9ClFN3O3/c14-8-1-2-11(10(15)4-8)18-13(21)17-9-3-7(12(19)20)5-16-6-9/h1-6H,(H,19,20)(H2,17,18,21). The number of nitrogens with zero attached hydrogens (tertiary/aromatic N) is 1. The van der Waals surface area contributed by atoms with Crippen LogP contribution < -0.4 is 10.6 Å². The van der Waals surface area contributed by atoms with Crippen LogP contribution in [0.3, 0.4) is 0 Å². The molecule has 6 nitrogen and oxygen atoms in total. The van der Waals surface area contributed by atoms with Crippen molar-refractivity contribution in [3.63, 3.8) is 0 Å². The van der Waals surface area contributed by atoms with E-state index in [0.29, 0.717) is 0 Å². The van der Waals surface area contributed by atoms with Crippen molar-refractivity contribution >= 4 is 35.0 Å². The van der Waals surface area contributed by atoms with Crippen LogP contribution in [0, 0.1) is 5.82 Å². The van der Waals surface area contributed by atoms with Crippen molar-refractivity contribution in [1.29, 1.82) is 0 Å². The van der Waals surface area contributed by atoms with Crippen molar-refractivity contribution in [1.82, 2.24) is 4.98 Å². The molecule has 2 rings (SSSR count). The molecule has 0 saturated carbocycles. The average Bonchev–Trinajstić information content (AvgIpc) is 2.42. The van der Waals surface area contributed by atoms with Crippen molar-refractivity contribution < 1.29 is 19.1 Å². The van der Waals surface area contributed by atoms with Crippen LogP contribution in [-0.4, -0.2) is 22.1 Å². The second-order valence-corrected chi connectivity index (χ2v) is 4.41. The van der Waals surface area contributed by atoms with Crippen molar-refractivity contribution in [2.75, 3.05) is 10.6 Å². The highest BCUT2D eigenvalue weighted by Crippen LogP contribution is 2.19. The fraction of sp³-hybridized carbons (Fsp3) is 0. The third-order valence-electron chi connectivity index (χ3n) is 2.42. The SMILES string of the molecule is O=C(Nc1cncc(C(=O)O)c1)Nc1ccc(Cl)cc1F. The lowest BCUT2D eigenvalue weighted by atomic mass is 10.2. The zero-order chi connectivity index (χ0) is 15.4. The first kappa shape index (κ1) is 14.7. The van der Waals surface area contributed by atoms with Crippen molar-refractivity contribution in [3.8, 4) is 0 Å². The number of pyridine rings is 1. The summed E-state index contributed by atoms with van der Waals surface area (Å²) in [5.74, 6) is -1.86. The quantitative estimate of drug-likeness (QED) is 0.812.